The van der Waals surface area contributed by atoms with Crippen LogP contribution in [-0.2, 0) is 14.3 Å². The van der Waals surface area contributed by atoms with E-state index in [4.69, 9.17) is 9.47 Å². The molecule has 114 valence electrons. The Kier molecular flexibility index (Phi) is 5.16. The van der Waals surface area contributed by atoms with Gasteiger partial charge in [-0.05, 0) is 24.3 Å². The molecule has 1 N–H and O–H groups in total. The molecule has 0 aliphatic carbocycles. The van der Waals surface area contributed by atoms with Crippen molar-refractivity contribution in [3.8, 4) is 5.75 Å². The van der Waals surface area contributed by atoms with Crippen molar-refractivity contribution in [2.45, 2.75) is 6.42 Å². The molecule has 2 rings (SSSR count). The molecule has 1 aromatic rings. The number of ether oxygens (including phenoxy) is 2. The summed E-state index contributed by atoms with van der Waals surface area (Å²) in [5.74, 6) is 0.799. The average Bonchev–Trinajstić information content (AvgIpc) is 2.87. The van der Waals surface area contributed by atoms with Gasteiger partial charge in [0.15, 0.2) is 0 Å². The Morgan fingerprint density at radius 2 is 2.05 bits per heavy atom. The van der Waals surface area contributed by atoms with Crippen LogP contribution in [0.3, 0.4) is 0 Å². The number of nitrogens with zero attached hydrogens (tertiary/aromatic N) is 1. The first-order valence-corrected chi connectivity index (χ1v) is 6.84. The van der Waals surface area contributed by atoms with Crippen molar-refractivity contribution in [2.75, 3.05) is 38.8 Å². The van der Waals surface area contributed by atoms with E-state index in [-0.39, 0.29) is 24.3 Å². The minimum absolute atomic E-state index is 0.0445. The van der Waals surface area contributed by atoms with Gasteiger partial charge in [0.1, 0.15) is 12.4 Å². The number of hydrogen-bond acceptors (Lipinski definition) is 4. The molecule has 21 heavy (non-hydrogen) atoms. The van der Waals surface area contributed by atoms with Crippen LogP contribution in [0.2, 0.25) is 0 Å². The second kappa shape index (κ2) is 7.08. The van der Waals surface area contributed by atoms with E-state index in [1.54, 1.807) is 12.0 Å². The predicted octanol–water partition coefficient (Wildman–Crippen LogP) is 0.811. The third-order valence-corrected chi connectivity index (χ3v) is 3.45. The van der Waals surface area contributed by atoms with Crippen LogP contribution < -0.4 is 15.0 Å². The molecular weight excluding hydrogens is 272 g/mol. The summed E-state index contributed by atoms with van der Waals surface area (Å²) >= 11 is 0. The van der Waals surface area contributed by atoms with Crippen LogP contribution in [0.5, 0.6) is 5.75 Å². The molecule has 1 aliphatic heterocycles. The zero-order valence-corrected chi connectivity index (χ0v) is 12.3. The van der Waals surface area contributed by atoms with E-state index in [0.29, 0.717) is 19.5 Å². The van der Waals surface area contributed by atoms with Gasteiger partial charge in [0, 0.05) is 38.2 Å². The monoisotopic (exact) mass is 292 g/mol. The lowest BCUT2D eigenvalue weighted by Crippen LogP contribution is -2.33. The third-order valence-electron chi connectivity index (χ3n) is 3.45. The maximum atomic E-state index is 12.1. The molecule has 6 nitrogen and oxygen atoms in total. The predicted molar refractivity (Wildman–Crippen MR) is 78.3 cm³/mol. The fourth-order valence-electron chi connectivity index (χ4n) is 2.37. The molecular formula is C15H20N2O4. The second-order valence-corrected chi connectivity index (χ2v) is 5.01. The van der Waals surface area contributed by atoms with Crippen LogP contribution in [-0.4, -0.2) is 45.7 Å². The van der Waals surface area contributed by atoms with E-state index < -0.39 is 0 Å². The highest BCUT2D eigenvalue weighted by molar-refractivity contribution is 5.95. The third kappa shape index (κ3) is 3.95. The lowest BCUT2D eigenvalue weighted by Gasteiger charge is -2.17. The van der Waals surface area contributed by atoms with Crippen LogP contribution >= 0.6 is 0 Å². The molecule has 6 heteroatoms. The number of hydrogen-bond donors (Lipinski definition) is 1. The summed E-state index contributed by atoms with van der Waals surface area (Å²) in [4.78, 5) is 25.2. The molecule has 0 spiro atoms. The van der Waals surface area contributed by atoms with Gasteiger partial charge < -0.3 is 19.7 Å². The Labute approximate surface area is 124 Å². The molecule has 0 unspecified atom stereocenters. The van der Waals surface area contributed by atoms with Gasteiger partial charge in [0.25, 0.3) is 0 Å². The van der Waals surface area contributed by atoms with Crippen LogP contribution in [0.25, 0.3) is 0 Å². The number of benzene rings is 1. The topological polar surface area (TPSA) is 67.9 Å². The molecule has 0 aromatic heterocycles. The SMILES string of the molecule is COCC(=O)NC[C@@H]1CC(=O)N(c2ccc(OC)cc2)C1. The van der Waals surface area contributed by atoms with Crippen molar-refractivity contribution < 1.29 is 19.1 Å². The van der Waals surface area contributed by atoms with Gasteiger partial charge >= 0.3 is 0 Å². The smallest absolute Gasteiger partial charge is 0.245 e. The molecule has 1 aliphatic rings. The zero-order chi connectivity index (χ0) is 15.2. The normalized spacial score (nSPS) is 17.9. The summed E-state index contributed by atoms with van der Waals surface area (Å²) in [7, 11) is 3.08. The number of methoxy groups -OCH3 is 2. The van der Waals surface area contributed by atoms with Gasteiger partial charge in [-0.15, -0.1) is 0 Å². The molecule has 1 fully saturated rings. The van der Waals surface area contributed by atoms with E-state index in [1.165, 1.54) is 7.11 Å². The van der Waals surface area contributed by atoms with E-state index >= 15 is 0 Å². The number of anilines is 1. The Balaban J connectivity index is 1.91. The Hall–Kier alpha value is -2.08. The summed E-state index contributed by atoms with van der Waals surface area (Å²) in [6.07, 6.45) is 0.444. The van der Waals surface area contributed by atoms with Crippen LogP contribution in [0.1, 0.15) is 6.42 Å². The minimum Gasteiger partial charge on any atom is -0.497 e. The number of nitrogens with one attached hydrogen (secondary N) is 1. The summed E-state index contributed by atoms with van der Waals surface area (Å²) in [6.45, 7) is 1.14. The van der Waals surface area contributed by atoms with Gasteiger partial charge in [0.05, 0.1) is 7.11 Å². The zero-order valence-electron chi connectivity index (χ0n) is 12.3. The average molecular weight is 292 g/mol. The molecule has 2 amide bonds. The Morgan fingerprint density at radius 3 is 2.67 bits per heavy atom. The molecule has 1 aromatic carbocycles. The fourth-order valence-corrected chi connectivity index (χ4v) is 2.37. The first-order chi connectivity index (χ1) is 10.1. The van der Waals surface area contributed by atoms with Crippen molar-refractivity contribution >= 4 is 17.5 Å². The lowest BCUT2D eigenvalue weighted by molar-refractivity contribution is -0.125. The van der Waals surface area contributed by atoms with E-state index in [0.717, 1.165) is 11.4 Å². The van der Waals surface area contributed by atoms with E-state index in [9.17, 15) is 9.59 Å². The first-order valence-electron chi connectivity index (χ1n) is 6.84. The standard InChI is InChI=1S/C15H20N2O4/c1-20-10-14(18)16-8-11-7-15(19)17(9-11)12-3-5-13(21-2)6-4-12/h3-6,11H,7-10H2,1-2H3,(H,16,18)/t11-/m0/s1. The van der Waals surface area contributed by atoms with Gasteiger partial charge in [-0.2, -0.15) is 0 Å². The molecule has 0 saturated carbocycles. The van der Waals surface area contributed by atoms with Gasteiger partial charge in [-0.3, -0.25) is 9.59 Å². The number of amides is 2. The fraction of sp³-hybridized carbons (Fsp3) is 0.467. The highest BCUT2D eigenvalue weighted by Crippen LogP contribution is 2.26. The molecule has 1 heterocycles. The van der Waals surface area contributed by atoms with Gasteiger partial charge in [-0.1, -0.05) is 0 Å². The molecule has 1 saturated heterocycles. The number of carbonyl (C=O) groups is 2. The summed E-state index contributed by atoms with van der Waals surface area (Å²) in [5.41, 5.74) is 0.853. The quantitative estimate of drug-likeness (QED) is 0.842. The van der Waals surface area contributed by atoms with Crippen molar-refractivity contribution in [2.24, 2.45) is 5.92 Å². The van der Waals surface area contributed by atoms with Crippen LogP contribution in [0.4, 0.5) is 5.69 Å². The summed E-state index contributed by atoms with van der Waals surface area (Å²) in [5, 5.41) is 2.77. The Bertz CT molecular complexity index is 501. The molecule has 0 radical (unpaired) electrons. The summed E-state index contributed by atoms with van der Waals surface area (Å²) < 4.78 is 9.86. The Morgan fingerprint density at radius 1 is 1.33 bits per heavy atom. The minimum atomic E-state index is -0.159. The van der Waals surface area contributed by atoms with Gasteiger partial charge in [-0.25, -0.2) is 0 Å². The van der Waals surface area contributed by atoms with Crippen molar-refractivity contribution in [1.29, 1.82) is 0 Å². The van der Waals surface area contributed by atoms with Crippen molar-refractivity contribution in [1.82, 2.24) is 5.32 Å². The number of rotatable bonds is 6. The second-order valence-electron chi connectivity index (χ2n) is 5.01. The van der Waals surface area contributed by atoms with E-state index in [2.05, 4.69) is 5.32 Å². The highest BCUT2D eigenvalue weighted by atomic mass is 16.5. The lowest BCUT2D eigenvalue weighted by atomic mass is 10.1. The highest BCUT2D eigenvalue weighted by Gasteiger charge is 2.30. The maximum absolute atomic E-state index is 12.1. The van der Waals surface area contributed by atoms with Crippen molar-refractivity contribution in [3.63, 3.8) is 0 Å². The van der Waals surface area contributed by atoms with Crippen LogP contribution in [0, 0.1) is 5.92 Å². The first kappa shape index (κ1) is 15.3. The summed E-state index contributed by atoms with van der Waals surface area (Å²) in [6, 6.07) is 7.39. The largest absolute Gasteiger partial charge is 0.497 e. The van der Waals surface area contributed by atoms with Gasteiger partial charge in [0.2, 0.25) is 11.8 Å². The van der Waals surface area contributed by atoms with E-state index in [1.807, 2.05) is 24.3 Å². The number of carbonyl (C=O) groups excluding carboxylic acids is 2. The van der Waals surface area contributed by atoms with Crippen LogP contribution in [0.15, 0.2) is 24.3 Å². The maximum Gasteiger partial charge on any atom is 0.245 e. The molecule has 0 bridgehead atoms. The molecule has 1 atom stereocenters. The van der Waals surface area contributed by atoms with Crippen molar-refractivity contribution in [3.05, 3.63) is 24.3 Å².